The Bertz CT molecular complexity index is 1270. The molecule has 11 nitrogen and oxygen atoms in total. The van der Waals surface area contributed by atoms with Crippen molar-refractivity contribution in [1.29, 1.82) is 10.8 Å². The van der Waals surface area contributed by atoms with Crippen LogP contribution in [0, 0.1) is 17.7 Å². The average molecular weight is 629 g/mol. The van der Waals surface area contributed by atoms with Crippen LogP contribution in [0.25, 0.3) is 0 Å². The minimum Gasteiger partial charge on any atom is -0.497 e. The van der Waals surface area contributed by atoms with Crippen molar-refractivity contribution in [1.82, 2.24) is 9.80 Å². The summed E-state index contributed by atoms with van der Waals surface area (Å²) in [7, 11) is 1.57. The number of hydrogen-bond acceptors (Lipinski definition) is 11. The maximum atomic E-state index is 12.9. The number of carbonyl (C=O) groups excluding carboxylic acids is 2. The van der Waals surface area contributed by atoms with Crippen molar-refractivity contribution in [2.75, 3.05) is 56.9 Å². The number of nitrogens with one attached hydrogen (secondary N) is 2. The van der Waals surface area contributed by atoms with Gasteiger partial charge in [-0.15, -0.1) is 0 Å². The first-order valence-corrected chi connectivity index (χ1v) is 15.9. The number of aryl methyl sites for hydroxylation is 1. The molecule has 2 aromatic rings. The predicted octanol–water partition coefficient (Wildman–Crippen LogP) is 3.48. The first kappa shape index (κ1) is 35.1. The summed E-state index contributed by atoms with van der Waals surface area (Å²) in [5, 5.41) is 16.7. The molecule has 0 aliphatic rings. The Hall–Kier alpha value is -4.10. The standard InChI is InChI=1S/C30H40N6O5S2/c1-22-4-6-25(7-5-22)40-19-29(37)35(27(33)12-13-31)15-17-43-21-23(32)18-28(34)36(14-16-42-3)30(38)20-41-26-10-8-24(39-2)9-11-26/h4-13,18,33-34H,14-17,19-21,31-32H2,1-3H3/b13-12-,23-18-,33-27?,34-28?. The maximum Gasteiger partial charge on any atom is 0.266 e. The van der Waals surface area contributed by atoms with Crippen molar-refractivity contribution in [2.45, 2.75) is 6.92 Å². The van der Waals surface area contributed by atoms with Crippen LogP contribution in [0.5, 0.6) is 17.2 Å². The van der Waals surface area contributed by atoms with Gasteiger partial charge in [0.2, 0.25) is 0 Å². The Balaban J connectivity index is 1.91. The molecule has 0 aliphatic carbocycles. The fourth-order valence-corrected chi connectivity index (χ4v) is 4.66. The Morgan fingerprint density at radius 3 is 1.91 bits per heavy atom. The van der Waals surface area contributed by atoms with E-state index >= 15 is 0 Å². The molecule has 43 heavy (non-hydrogen) atoms. The lowest BCUT2D eigenvalue weighted by molar-refractivity contribution is -0.130. The van der Waals surface area contributed by atoms with Crippen molar-refractivity contribution >= 4 is 47.0 Å². The molecule has 0 aromatic heterocycles. The van der Waals surface area contributed by atoms with Gasteiger partial charge in [0.25, 0.3) is 11.8 Å². The van der Waals surface area contributed by atoms with Gasteiger partial charge in [-0.3, -0.25) is 30.2 Å². The van der Waals surface area contributed by atoms with Crippen molar-refractivity contribution < 1.29 is 23.8 Å². The van der Waals surface area contributed by atoms with Gasteiger partial charge in [0.05, 0.1) is 7.11 Å². The van der Waals surface area contributed by atoms with Crippen molar-refractivity contribution in [3.63, 3.8) is 0 Å². The number of methoxy groups -OCH3 is 1. The molecule has 0 atom stereocenters. The summed E-state index contributed by atoms with van der Waals surface area (Å²) < 4.78 is 16.3. The third-order valence-corrected chi connectivity index (χ3v) is 7.41. The van der Waals surface area contributed by atoms with Crippen LogP contribution < -0.4 is 25.7 Å². The van der Waals surface area contributed by atoms with E-state index in [0.29, 0.717) is 46.7 Å². The Kier molecular flexibility index (Phi) is 15.6. The van der Waals surface area contributed by atoms with Crippen LogP contribution in [0.2, 0.25) is 0 Å². The second kappa shape index (κ2) is 19.2. The zero-order valence-corrected chi connectivity index (χ0v) is 26.3. The van der Waals surface area contributed by atoms with Gasteiger partial charge in [0.1, 0.15) is 28.9 Å². The largest absolute Gasteiger partial charge is 0.497 e. The second-order valence-electron chi connectivity index (χ2n) is 9.05. The number of rotatable bonds is 17. The molecule has 13 heteroatoms. The van der Waals surface area contributed by atoms with Gasteiger partial charge in [-0.1, -0.05) is 17.7 Å². The fourth-order valence-electron chi connectivity index (χ4n) is 3.52. The highest BCUT2D eigenvalue weighted by Crippen LogP contribution is 2.17. The van der Waals surface area contributed by atoms with E-state index in [-0.39, 0.29) is 43.2 Å². The number of hydrogen-bond donors (Lipinski definition) is 4. The summed E-state index contributed by atoms with van der Waals surface area (Å²) in [5.41, 5.74) is 13.1. The summed E-state index contributed by atoms with van der Waals surface area (Å²) >= 11 is 2.99. The summed E-state index contributed by atoms with van der Waals surface area (Å²) in [6.07, 6.45) is 5.92. The first-order chi connectivity index (χ1) is 20.7. The van der Waals surface area contributed by atoms with Crippen molar-refractivity contribution in [3.05, 3.63) is 78.1 Å². The number of thioether (sulfide) groups is 2. The monoisotopic (exact) mass is 628 g/mol. The van der Waals surface area contributed by atoms with E-state index in [1.165, 1.54) is 39.9 Å². The molecule has 0 aliphatic heterocycles. The topological polar surface area (TPSA) is 168 Å². The summed E-state index contributed by atoms with van der Waals surface area (Å²) in [5.74, 6) is 2.39. The first-order valence-electron chi connectivity index (χ1n) is 13.3. The van der Waals surface area contributed by atoms with Gasteiger partial charge >= 0.3 is 0 Å². The molecule has 0 bridgehead atoms. The molecule has 0 heterocycles. The van der Waals surface area contributed by atoms with E-state index in [2.05, 4.69) is 0 Å². The van der Waals surface area contributed by atoms with Crippen LogP contribution in [0.1, 0.15) is 5.56 Å². The third-order valence-electron chi connectivity index (χ3n) is 5.81. The van der Waals surface area contributed by atoms with Crippen LogP contribution >= 0.6 is 23.5 Å². The molecule has 0 saturated heterocycles. The van der Waals surface area contributed by atoms with Gasteiger partial charge in [0, 0.05) is 42.1 Å². The highest BCUT2D eigenvalue weighted by molar-refractivity contribution is 7.99. The lowest BCUT2D eigenvalue weighted by Gasteiger charge is -2.22. The van der Waals surface area contributed by atoms with Crippen LogP contribution in [0.15, 0.2) is 72.6 Å². The van der Waals surface area contributed by atoms with E-state index in [9.17, 15) is 9.59 Å². The molecule has 2 rings (SSSR count). The number of nitrogens with two attached hydrogens (primary N) is 2. The highest BCUT2D eigenvalue weighted by Gasteiger charge is 2.19. The highest BCUT2D eigenvalue weighted by atomic mass is 32.2. The molecule has 0 saturated carbocycles. The van der Waals surface area contributed by atoms with Crippen LogP contribution in [0.4, 0.5) is 0 Å². The minimum atomic E-state index is -0.380. The van der Waals surface area contributed by atoms with Crippen LogP contribution in [0.3, 0.4) is 0 Å². The van der Waals surface area contributed by atoms with Gasteiger partial charge in [-0.25, -0.2) is 0 Å². The Morgan fingerprint density at radius 1 is 0.860 bits per heavy atom. The average Bonchev–Trinajstić information content (AvgIpc) is 3.00. The fraction of sp³-hybridized carbons (Fsp3) is 0.333. The maximum absolute atomic E-state index is 12.9. The van der Waals surface area contributed by atoms with Crippen LogP contribution in [-0.2, 0) is 9.59 Å². The van der Waals surface area contributed by atoms with Gasteiger partial charge in [-0.05, 0) is 61.9 Å². The number of ether oxygens (including phenoxy) is 3. The Morgan fingerprint density at radius 2 is 1.37 bits per heavy atom. The zero-order chi connectivity index (χ0) is 31.6. The molecule has 0 unspecified atom stereocenters. The predicted molar refractivity (Wildman–Crippen MR) is 175 cm³/mol. The van der Waals surface area contributed by atoms with Gasteiger partial charge in [-0.2, -0.15) is 23.5 Å². The number of amides is 2. The molecular weight excluding hydrogens is 589 g/mol. The summed E-state index contributed by atoms with van der Waals surface area (Å²) in [6.45, 7) is 2.07. The molecule has 6 N–H and O–H groups in total. The zero-order valence-electron chi connectivity index (χ0n) is 24.7. The summed E-state index contributed by atoms with van der Waals surface area (Å²) in [4.78, 5) is 28.4. The van der Waals surface area contributed by atoms with E-state index in [4.69, 9.17) is 36.5 Å². The van der Waals surface area contributed by atoms with Crippen molar-refractivity contribution in [2.24, 2.45) is 11.5 Å². The molecule has 0 fully saturated rings. The number of benzene rings is 2. The van der Waals surface area contributed by atoms with E-state index in [0.717, 1.165) is 5.56 Å². The molecule has 2 amide bonds. The molecular formula is C30H40N6O5S2. The van der Waals surface area contributed by atoms with E-state index in [1.54, 1.807) is 55.3 Å². The molecule has 2 aromatic carbocycles. The third kappa shape index (κ3) is 12.7. The normalized spacial score (nSPS) is 11.2. The number of carbonyl (C=O) groups is 2. The second-order valence-corrected chi connectivity index (χ2v) is 11.1. The lowest BCUT2D eigenvalue weighted by atomic mass is 10.2. The van der Waals surface area contributed by atoms with E-state index in [1.807, 2.05) is 25.3 Å². The summed E-state index contributed by atoms with van der Waals surface area (Å²) in [6, 6.07) is 14.2. The van der Waals surface area contributed by atoms with Gasteiger partial charge < -0.3 is 25.7 Å². The van der Waals surface area contributed by atoms with Gasteiger partial charge in [0.15, 0.2) is 13.2 Å². The SMILES string of the molecule is COc1ccc(OCC(=O)N(CCSC)C(=N)/C=C(\N)CSCCN(C(=N)/C=C\N)C(=O)COc2ccc(C)cc2)cc1. The molecule has 0 radical (unpaired) electrons. The lowest BCUT2D eigenvalue weighted by Crippen LogP contribution is -2.40. The Labute approximate surface area is 261 Å². The smallest absolute Gasteiger partial charge is 0.266 e. The molecule has 0 spiro atoms. The molecule has 232 valence electrons. The number of amidine groups is 2. The minimum absolute atomic E-state index is 0.0320. The van der Waals surface area contributed by atoms with E-state index < -0.39 is 0 Å². The quantitative estimate of drug-likeness (QED) is 0.116. The van der Waals surface area contributed by atoms with Crippen molar-refractivity contribution in [3.8, 4) is 17.2 Å². The number of nitrogens with zero attached hydrogens (tertiary/aromatic N) is 2. The van der Waals surface area contributed by atoms with Crippen LogP contribution in [-0.4, -0.2) is 90.2 Å².